The maximum Gasteiger partial charge on any atom is 0.116 e. The van der Waals surface area contributed by atoms with Crippen molar-refractivity contribution in [3.8, 4) is 6.07 Å². The molecule has 0 aromatic carbocycles. The Hall–Kier alpha value is -0.630. The lowest BCUT2D eigenvalue weighted by Crippen LogP contribution is -2.48. The quantitative estimate of drug-likeness (QED) is 0.753. The molecule has 0 bridgehead atoms. The van der Waals surface area contributed by atoms with Crippen LogP contribution < -0.4 is 5.32 Å². The Balaban J connectivity index is 2.34. The van der Waals surface area contributed by atoms with E-state index < -0.39 is 5.54 Å². The molecule has 0 spiro atoms. The summed E-state index contributed by atoms with van der Waals surface area (Å²) in [6.45, 7) is 5.53. The summed E-state index contributed by atoms with van der Waals surface area (Å²) in [6.07, 6.45) is 2.29. The van der Waals surface area contributed by atoms with E-state index in [-0.39, 0.29) is 0 Å². The molecule has 16 heavy (non-hydrogen) atoms. The van der Waals surface area contributed by atoms with Crippen LogP contribution in [0.25, 0.3) is 0 Å². The van der Waals surface area contributed by atoms with Crippen molar-refractivity contribution in [3.63, 3.8) is 0 Å². The van der Waals surface area contributed by atoms with E-state index in [1.54, 1.807) is 0 Å². The summed E-state index contributed by atoms with van der Waals surface area (Å²) < 4.78 is 5.34. The lowest BCUT2D eigenvalue weighted by atomic mass is 9.98. The molecule has 1 saturated heterocycles. The Morgan fingerprint density at radius 2 is 2.12 bits per heavy atom. The first kappa shape index (κ1) is 13.4. The minimum atomic E-state index is -0.445. The van der Waals surface area contributed by atoms with Crippen LogP contribution in [0.2, 0.25) is 0 Å². The molecule has 1 heterocycles. The average molecular weight is 225 g/mol. The smallest absolute Gasteiger partial charge is 0.116 e. The molecule has 0 aliphatic carbocycles. The van der Waals surface area contributed by atoms with E-state index in [1.807, 2.05) is 14.0 Å². The van der Waals surface area contributed by atoms with Crippen molar-refractivity contribution in [2.24, 2.45) is 5.92 Å². The minimum Gasteiger partial charge on any atom is -0.381 e. The van der Waals surface area contributed by atoms with E-state index >= 15 is 0 Å². The number of hydrogen-bond acceptors (Lipinski definition) is 4. The second-order valence-electron chi connectivity index (χ2n) is 4.95. The number of nitriles is 1. The van der Waals surface area contributed by atoms with E-state index in [0.717, 1.165) is 45.1 Å². The zero-order valence-corrected chi connectivity index (χ0v) is 10.6. The second kappa shape index (κ2) is 6.19. The molecule has 1 aliphatic rings. The van der Waals surface area contributed by atoms with Gasteiger partial charge in [-0.15, -0.1) is 0 Å². The number of ether oxygens (including phenoxy) is 1. The van der Waals surface area contributed by atoms with E-state index in [2.05, 4.69) is 23.3 Å². The van der Waals surface area contributed by atoms with Crippen molar-refractivity contribution in [1.29, 1.82) is 5.26 Å². The first-order valence-corrected chi connectivity index (χ1v) is 5.96. The van der Waals surface area contributed by atoms with E-state index in [1.165, 1.54) is 0 Å². The van der Waals surface area contributed by atoms with Crippen molar-refractivity contribution in [2.75, 3.05) is 40.4 Å². The van der Waals surface area contributed by atoms with Crippen molar-refractivity contribution < 1.29 is 4.74 Å². The van der Waals surface area contributed by atoms with Crippen LogP contribution in [0.3, 0.4) is 0 Å². The highest BCUT2D eigenvalue weighted by Crippen LogP contribution is 2.16. The Labute approximate surface area is 98.6 Å². The molecule has 1 unspecified atom stereocenters. The summed E-state index contributed by atoms with van der Waals surface area (Å²) in [5, 5.41) is 12.1. The maximum atomic E-state index is 9.08. The van der Waals surface area contributed by atoms with Gasteiger partial charge in [0, 0.05) is 26.3 Å². The zero-order chi connectivity index (χ0) is 12.0. The number of nitrogens with zero attached hydrogens (tertiary/aromatic N) is 2. The molecule has 0 aromatic rings. The molecule has 0 saturated carbocycles. The SMILES string of the molecule is CNC(C)(C#N)CN(C)CC1CCOCC1. The summed E-state index contributed by atoms with van der Waals surface area (Å²) in [4.78, 5) is 2.25. The minimum absolute atomic E-state index is 0.445. The van der Waals surface area contributed by atoms with Crippen LogP contribution in [0, 0.1) is 17.2 Å². The van der Waals surface area contributed by atoms with Crippen LogP contribution in [0.1, 0.15) is 19.8 Å². The summed E-state index contributed by atoms with van der Waals surface area (Å²) >= 11 is 0. The lowest BCUT2D eigenvalue weighted by Gasteiger charge is -2.31. The molecule has 1 rings (SSSR count). The van der Waals surface area contributed by atoms with Crippen molar-refractivity contribution in [1.82, 2.24) is 10.2 Å². The lowest BCUT2D eigenvalue weighted by molar-refractivity contribution is 0.0540. The third-order valence-corrected chi connectivity index (χ3v) is 3.30. The Morgan fingerprint density at radius 1 is 1.50 bits per heavy atom. The highest BCUT2D eigenvalue weighted by atomic mass is 16.5. The van der Waals surface area contributed by atoms with Gasteiger partial charge < -0.3 is 15.0 Å². The van der Waals surface area contributed by atoms with E-state index in [0.29, 0.717) is 0 Å². The normalized spacial score (nSPS) is 21.7. The second-order valence-corrected chi connectivity index (χ2v) is 4.95. The monoisotopic (exact) mass is 225 g/mol. The van der Waals surface area contributed by atoms with Crippen LogP contribution in [-0.2, 0) is 4.74 Å². The van der Waals surface area contributed by atoms with E-state index in [4.69, 9.17) is 10.00 Å². The molecule has 4 heteroatoms. The molecule has 92 valence electrons. The van der Waals surface area contributed by atoms with Gasteiger partial charge in [0.1, 0.15) is 5.54 Å². The number of nitrogens with one attached hydrogen (secondary N) is 1. The number of hydrogen-bond donors (Lipinski definition) is 1. The third kappa shape index (κ3) is 4.09. The van der Waals surface area contributed by atoms with Gasteiger partial charge in [-0.3, -0.25) is 0 Å². The van der Waals surface area contributed by atoms with E-state index in [9.17, 15) is 0 Å². The summed E-state index contributed by atoms with van der Waals surface area (Å²) in [6, 6.07) is 2.32. The first-order chi connectivity index (χ1) is 7.59. The fourth-order valence-corrected chi connectivity index (χ4v) is 2.14. The molecule has 1 atom stereocenters. The highest BCUT2D eigenvalue weighted by molar-refractivity contribution is 5.04. The van der Waals surface area contributed by atoms with Gasteiger partial charge in [0.2, 0.25) is 0 Å². The summed E-state index contributed by atoms with van der Waals surface area (Å²) in [5.41, 5.74) is -0.445. The summed E-state index contributed by atoms with van der Waals surface area (Å²) in [7, 11) is 3.92. The van der Waals surface area contributed by atoms with Crippen LogP contribution >= 0.6 is 0 Å². The average Bonchev–Trinajstić information content (AvgIpc) is 2.30. The maximum absolute atomic E-state index is 9.08. The predicted molar refractivity (Wildman–Crippen MR) is 64.1 cm³/mol. The Kier molecular flexibility index (Phi) is 5.20. The number of likely N-dealkylation sites (N-methyl/N-ethyl adjacent to an activating group) is 2. The molecule has 1 fully saturated rings. The van der Waals surface area contributed by atoms with Crippen molar-refractivity contribution in [3.05, 3.63) is 0 Å². The van der Waals surface area contributed by atoms with Crippen LogP contribution in [-0.4, -0.2) is 50.8 Å². The molecule has 1 aliphatic heterocycles. The van der Waals surface area contributed by atoms with Gasteiger partial charge in [0.25, 0.3) is 0 Å². The highest BCUT2D eigenvalue weighted by Gasteiger charge is 2.25. The molecule has 0 radical (unpaired) electrons. The summed E-state index contributed by atoms with van der Waals surface area (Å²) in [5.74, 6) is 0.721. The van der Waals surface area contributed by atoms with Gasteiger partial charge in [-0.05, 0) is 39.8 Å². The van der Waals surface area contributed by atoms with Crippen LogP contribution in [0.5, 0.6) is 0 Å². The third-order valence-electron chi connectivity index (χ3n) is 3.30. The zero-order valence-electron chi connectivity index (χ0n) is 10.6. The van der Waals surface area contributed by atoms with Crippen molar-refractivity contribution in [2.45, 2.75) is 25.3 Å². The van der Waals surface area contributed by atoms with Gasteiger partial charge in [-0.2, -0.15) is 5.26 Å². The largest absolute Gasteiger partial charge is 0.381 e. The van der Waals surface area contributed by atoms with Gasteiger partial charge in [-0.1, -0.05) is 0 Å². The molecule has 1 N–H and O–H groups in total. The van der Waals surface area contributed by atoms with Gasteiger partial charge in [0.05, 0.1) is 6.07 Å². The Bertz CT molecular complexity index is 245. The first-order valence-electron chi connectivity index (χ1n) is 5.96. The molecule has 4 nitrogen and oxygen atoms in total. The standard InChI is InChI=1S/C12H23N3O/c1-12(9-13,14-2)10-15(3)8-11-4-6-16-7-5-11/h11,14H,4-8,10H2,1-3H3. The van der Waals surface area contributed by atoms with Gasteiger partial charge in [0.15, 0.2) is 0 Å². The van der Waals surface area contributed by atoms with Crippen LogP contribution in [0.15, 0.2) is 0 Å². The van der Waals surface area contributed by atoms with Gasteiger partial charge in [-0.25, -0.2) is 0 Å². The van der Waals surface area contributed by atoms with Gasteiger partial charge >= 0.3 is 0 Å². The molecule has 0 amide bonds. The van der Waals surface area contributed by atoms with Crippen molar-refractivity contribution >= 4 is 0 Å². The molecular formula is C12H23N3O. The topological polar surface area (TPSA) is 48.3 Å². The Morgan fingerprint density at radius 3 is 2.62 bits per heavy atom. The number of rotatable bonds is 5. The fraction of sp³-hybridized carbons (Fsp3) is 0.917. The molecular weight excluding hydrogens is 202 g/mol. The molecule has 0 aromatic heterocycles. The predicted octanol–water partition coefficient (Wildman–Crippen LogP) is 0.846. The van der Waals surface area contributed by atoms with Crippen LogP contribution in [0.4, 0.5) is 0 Å². The fourth-order valence-electron chi connectivity index (χ4n) is 2.14.